The van der Waals surface area contributed by atoms with Gasteiger partial charge >= 0.3 is 75.5 Å². The van der Waals surface area contributed by atoms with Gasteiger partial charge in [-0.15, -0.1) is 0 Å². The Labute approximate surface area is 222 Å². The first-order valence-electron chi connectivity index (χ1n) is 7.77. The number of fused-ring (bicyclic) bond motifs is 1. The van der Waals surface area contributed by atoms with E-state index < -0.39 is 6.61 Å². The normalized spacial score (nSPS) is 11.1. The number of hydrogen-bond donors (Lipinski definition) is 2. The van der Waals surface area contributed by atoms with E-state index in [1.54, 1.807) is 30.5 Å². The van der Waals surface area contributed by atoms with Crippen molar-refractivity contribution in [3.63, 3.8) is 0 Å². The van der Waals surface area contributed by atoms with Gasteiger partial charge in [0.25, 0.3) is 0 Å². The molecule has 146 valence electrons. The molecule has 1 amide bonds. The van der Waals surface area contributed by atoms with Crippen LogP contribution in [-0.4, -0.2) is 28.0 Å². The molecule has 3 heterocycles. The van der Waals surface area contributed by atoms with Gasteiger partial charge < -0.3 is 29.9 Å². The molecule has 6 nitrogen and oxygen atoms in total. The Morgan fingerprint density at radius 3 is 2.46 bits per heavy atom. The second kappa shape index (κ2) is 13.3. The van der Waals surface area contributed by atoms with Crippen molar-refractivity contribution < 1.29 is 87.2 Å². The van der Waals surface area contributed by atoms with Crippen molar-refractivity contribution in [3.8, 4) is 17.0 Å². The Hall–Kier alpha value is -0.978. The zero-order valence-electron chi connectivity index (χ0n) is 16.2. The molecule has 0 atom stereocenters. The summed E-state index contributed by atoms with van der Waals surface area (Å²) in [5.74, 6) is 0.222. The summed E-state index contributed by atoms with van der Waals surface area (Å²) < 4.78 is 29.4. The van der Waals surface area contributed by atoms with Crippen LogP contribution >= 0.6 is 0 Å². The molecule has 0 radical (unpaired) electrons. The summed E-state index contributed by atoms with van der Waals surface area (Å²) in [6.07, 6.45) is 8.02. The van der Waals surface area contributed by atoms with Crippen molar-refractivity contribution in [2.75, 3.05) is 5.32 Å². The van der Waals surface area contributed by atoms with E-state index in [0.717, 1.165) is 0 Å². The molecular formula is C19H22CsF2N4O2-. The number of H-pyrrole nitrogens is 1. The molecule has 28 heavy (non-hydrogen) atoms. The molecular weight excluding hydrogens is 487 g/mol. The van der Waals surface area contributed by atoms with E-state index >= 15 is 0 Å². The van der Waals surface area contributed by atoms with Crippen molar-refractivity contribution in [1.29, 1.82) is 0 Å². The molecule has 1 saturated carbocycles. The van der Waals surface area contributed by atoms with Crippen LogP contribution in [-0.2, 0) is 4.79 Å². The largest absolute Gasteiger partial charge is 1.00 e. The number of pyridine rings is 2. The Morgan fingerprint density at radius 1 is 1.14 bits per heavy atom. The molecule has 0 unspecified atom stereocenters. The fourth-order valence-corrected chi connectivity index (χ4v) is 2.14. The van der Waals surface area contributed by atoms with Crippen LogP contribution < -0.4 is 78.9 Å². The monoisotopic (exact) mass is 509 g/mol. The fourth-order valence-electron chi connectivity index (χ4n) is 2.14. The van der Waals surface area contributed by atoms with Gasteiger partial charge in [-0.3, -0.25) is 4.79 Å². The van der Waals surface area contributed by atoms with Crippen LogP contribution in [0.4, 0.5) is 14.6 Å². The number of carbonyl (C=O) groups excluding carboxylic acids is 1. The molecule has 0 aromatic carbocycles. The number of amides is 1. The predicted octanol–water partition coefficient (Wildman–Crippen LogP) is 1.87. The fraction of sp³-hybridized carbons (Fsp3) is 0.211. The number of ether oxygens (including phenoxy) is 1. The van der Waals surface area contributed by atoms with Gasteiger partial charge in [0.2, 0.25) is 12.3 Å². The Balaban J connectivity index is 0.00000111. The van der Waals surface area contributed by atoms with Crippen molar-refractivity contribution in [2.24, 2.45) is 0 Å². The van der Waals surface area contributed by atoms with Crippen LogP contribution in [0.5, 0.6) is 5.88 Å². The van der Waals surface area contributed by atoms with E-state index in [4.69, 9.17) is 0 Å². The number of hydrogen-bond acceptors (Lipinski definition) is 4. The van der Waals surface area contributed by atoms with Crippen molar-refractivity contribution in [3.05, 3.63) is 51.5 Å². The van der Waals surface area contributed by atoms with Gasteiger partial charge in [0.15, 0.2) is 0 Å². The molecule has 4 rings (SSSR count). The Morgan fingerprint density at radius 2 is 1.86 bits per heavy atom. The topological polar surface area (TPSA) is 79.9 Å². The SMILES string of the molecule is C1CC1.O=CNc1ccc2c(-c3cccnc3OC(F)F)c[nH]c2n1.[CH3-].[CH3-].[Cs+]. The van der Waals surface area contributed by atoms with Crippen molar-refractivity contribution >= 4 is 23.3 Å². The van der Waals surface area contributed by atoms with Gasteiger partial charge in [0, 0.05) is 28.9 Å². The molecule has 0 bridgehead atoms. The quantitative estimate of drug-likeness (QED) is 0.407. The molecule has 1 aliphatic rings. The maximum Gasteiger partial charge on any atom is 1.00 e. The van der Waals surface area contributed by atoms with Crippen molar-refractivity contribution in [2.45, 2.75) is 25.9 Å². The third kappa shape index (κ3) is 7.45. The number of nitrogens with one attached hydrogen (secondary N) is 2. The first kappa shape index (κ1) is 27.0. The summed E-state index contributed by atoms with van der Waals surface area (Å²) in [5.41, 5.74) is 1.56. The average molecular weight is 509 g/mol. The standard InChI is InChI=1S/C14H10F2N4O2.C3H6.2CH3.Cs/c15-14(16)22-13-9(2-1-5-17-13)10-6-18-12-8(10)3-4-11(20-12)19-7-21;1-2-3-1;;;/h1-7,14H,(H2,18,19,20,21);1-3H2;2*1H3;/q;;2*-1;+1. The molecule has 9 heteroatoms. The number of nitrogens with zero attached hydrogens (tertiary/aromatic N) is 2. The number of carbonyl (C=O) groups is 1. The molecule has 0 spiro atoms. The Kier molecular flexibility index (Phi) is 12.8. The van der Waals surface area contributed by atoms with Crippen LogP contribution in [0.2, 0.25) is 0 Å². The van der Waals surface area contributed by atoms with Crippen LogP contribution in [0.15, 0.2) is 36.7 Å². The number of aromatic nitrogens is 3. The molecule has 0 saturated heterocycles. The smallest absolute Gasteiger partial charge is 0.416 e. The van der Waals surface area contributed by atoms with Gasteiger partial charge in [-0.1, -0.05) is 19.3 Å². The summed E-state index contributed by atoms with van der Waals surface area (Å²) in [6, 6.07) is 6.59. The second-order valence-corrected chi connectivity index (χ2v) is 5.35. The number of aromatic amines is 1. The van der Waals surface area contributed by atoms with E-state index in [9.17, 15) is 13.6 Å². The Bertz CT molecular complexity index is 869. The molecule has 1 aliphatic carbocycles. The summed E-state index contributed by atoms with van der Waals surface area (Å²) in [6.45, 7) is -2.96. The number of rotatable bonds is 5. The van der Waals surface area contributed by atoms with Crippen LogP contribution in [0.3, 0.4) is 0 Å². The molecule has 3 aromatic heterocycles. The molecule has 0 aliphatic heterocycles. The summed E-state index contributed by atoms with van der Waals surface area (Å²) >= 11 is 0. The van der Waals surface area contributed by atoms with E-state index in [1.807, 2.05) is 0 Å². The van der Waals surface area contributed by atoms with Crippen LogP contribution in [0.1, 0.15) is 19.3 Å². The van der Waals surface area contributed by atoms with Crippen LogP contribution in [0, 0.1) is 14.9 Å². The number of halogens is 2. The zero-order chi connectivity index (χ0) is 17.6. The van der Waals surface area contributed by atoms with Gasteiger partial charge in [-0.05, 0) is 24.3 Å². The zero-order valence-corrected chi connectivity index (χ0v) is 22.5. The summed E-state index contributed by atoms with van der Waals surface area (Å²) in [4.78, 5) is 21.4. The molecule has 3 aromatic rings. The van der Waals surface area contributed by atoms with Gasteiger partial charge in [0.05, 0.1) is 0 Å². The number of anilines is 1. The maximum atomic E-state index is 12.5. The van der Waals surface area contributed by atoms with Crippen LogP contribution in [0.25, 0.3) is 22.2 Å². The van der Waals surface area contributed by atoms with E-state index in [1.165, 1.54) is 25.5 Å². The number of alkyl halides is 2. The van der Waals surface area contributed by atoms with Crippen molar-refractivity contribution in [1.82, 2.24) is 15.0 Å². The van der Waals surface area contributed by atoms with Gasteiger partial charge in [-0.2, -0.15) is 8.78 Å². The third-order valence-corrected chi connectivity index (χ3v) is 3.36. The minimum absolute atomic E-state index is 0. The molecule has 1 fully saturated rings. The first-order chi connectivity index (χ1) is 12.2. The maximum absolute atomic E-state index is 12.5. The van der Waals surface area contributed by atoms with Gasteiger partial charge in [-0.25, -0.2) is 9.97 Å². The van der Waals surface area contributed by atoms with Gasteiger partial charge in [0.1, 0.15) is 11.5 Å². The summed E-state index contributed by atoms with van der Waals surface area (Å²) in [5, 5.41) is 3.14. The average Bonchev–Trinajstić information content (AvgIpc) is 3.42. The van der Waals surface area contributed by atoms with E-state index in [-0.39, 0.29) is 89.6 Å². The minimum Gasteiger partial charge on any atom is -0.416 e. The first-order valence-corrected chi connectivity index (χ1v) is 7.77. The minimum atomic E-state index is -2.96. The van der Waals surface area contributed by atoms with E-state index in [2.05, 4.69) is 25.0 Å². The van der Waals surface area contributed by atoms with E-state index in [0.29, 0.717) is 34.4 Å². The molecule has 2 N–H and O–H groups in total. The third-order valence-electron chi connectivity index (χ3n) is 3.36. The second-order valence-electron chi connectivity index (χ2n) is 5.35. The predicted molar refractivity (Wildman–Crippen MR) is 102 cm³/mol. The summed E-state index contributed by atoms with van der Waals surface area (Å²) in [7, 11) is 0.